The maximum atomic E-state index is 5.61. The molecule has 0 aliphatic rings. The predicted octanol–water partition coefficient (Wildman–Crippen LogP) is 2.48. The Morgan fingerprint density at radius 1 is 1.31 bits per heavy atom. The summed E-state index contributed by atoms with van der Waals surface area (Å²) in [6.07, 6.45) is 5.24. The molecule has 0 fully saturated rings. The van der Waals surface area contributed by atoms with E-state index in [-0.39, 0.29) is 0 Å². The largest absolute Gasteiger partial charge is 0.326 e. The van der Waals surface area contributed by atoms with Gasteiger partial charge < -0.3 is 5.73 Å². The van der Waals surface area contributed by atoms with Crippen LogP contribution in [0.1, 0.15) is 17.5 Å². The summed E-state index contributed by atoms with van der Waals surface area (Å²) >= 11 is 4.14. The maximum Gasteiger partial charge on any atom is 0.0184 e. The first-order valence-electron chi connectivity index (χ1n) is 4.44. The van der Waals surface area contributed by atoms with Crippen molar-refractivity contribution in [3.63, 3.8) is 0 Å². The van der Waals surface area contributed by atoms with Crippen LogP contribution in [0, 0.1) is 0 Å². The molecule has 0 radical (unpaired) electrons. The van der Waals surface area contributed by atoms with Gasteiger partial charge in [0.1, 0.15) is 0 Å². The highest BCUT2D eigenvalue weighted by Gasteiger charge is 1.93. The molecule has 0 saturated heterocycles. The van der Waals surface area contributed by atoms with Gasteiger partial charge in [0.25, 0.3) is 0 Å². The Balaban J connectivity index is 2.74. The Hall–Kier alpha value is -0.730. The van der Waals surface area contributed by atoms with Crippen LogP contribution in [0.5, 0.6) is 0 Å². The topological polar surface area (TPSA) is 26.0 Å². The smallest absolute Gasteiger partial charge is 0.0184 e. The van der Waals surface area contributed by atoms with Crippen LogP contribution in [0.15, 0.2) is 30.3 Å². The zero-order valence-corrected chi connectivity index (χ0v) is 8.50. The molecule has 1 nitrogen and oxygen atoms in total. The van der Waals surface area contributed by atoms with E-state index in [1.807, 2.05) is 12.1 Å². The Morgan fingerprint density at radius 2 is 2.08 bits per heavy atom. The normalized spacial score (nSPS) is 10.9. The van der Waals surface area contributed by atoms with Crippen LogP contribution in [0.2, 0.25) is 0 Å². The number of nitrogens with two attached hydrogens (primary N) is 1. The van der Waals surface area contributed by atoms with E-state index in [1.165, 1.54) is 11.1 Å². The lowest BCUT2D eigenvalue weighted by molar-refractivity contribution is 1.07. The van der Waals surface area contributed by atoms with Gasteiger partial charge in [0.15, 0.2) is 0 Å². The number of hydrogen-bond acceptors (Lipinski definition) is 2. The van der Waals surface area contributed by atoms with E-state index in [9.17, 15) is 0 Å². The van der Waals surface area contributed by atoms with E-state index >= 15 is 0 Å². The van der Waals surface area contributed by atoms with Crippen molar-refractivity contribution in [3.05, 3.63) is 41.5 Å². The zero-order chi connectivity index (χ0) is 9.52. The molecule has 0 spiro atoms. The van der Waals surface area contributed by atoms with Crippen molar-refractivity contribution in [2.75, 3.05) is 5.75 Å². The van der Waals surface area contributed by atoms with Crippen LogP contribution in [-0.4, -0.2) is 5.75 Å². The molecule has 1 aromatic rings. The molecule has 0 aliphatic heterocycles. The molecule has 2 N–H and O–H groups in total. The molecule has 0 unspecified atom stereocenters. The first-order valence-corrected chi connectivity index (χ1v) is 5.07. The fourth-order valence-corrected chi connectivity index (χ4v) is 1.32. The van der Waals surface area contributed by atoms with Gasteiger partial charge in [0.2, 0.25) is 0 Å². The van der Waals surface area contributed by atoms with Gasteiger partial charge in [-0.25, -0.2) is 0 Å². The highest BCUT2D eigenvalue weighted by molar-refractivity contribution is 7.80. The van der Waals surface area contributed by atoms with Crippen molar-refractivity contribution in [2.45, 2.75) is 13.0 Å². The second kappa shape index (κ2) is 5.84. The van der Waals surface area contributed by atoms with Crippen molar-refractivity contribution >= 4 is 18.7 Å². The Bertz CT molecular complexity index is 281. The van der Waals surface area contributed by atoms with Gasteiger partial charge in [-0.3, -0.25) is 0 Å². The number of thiol groups is 1. The average Bonchev–Trinajstić information content (AvgIpc) is 2.19. The van der Waals surface area contributed by atoms with Crippen molar-refractivity contribution < 1.29 is 0 Å². The number of allylic oxidation sites excluding steroid dienone is 1. The second-order valence-corrected chi connectivity index (χ2v) is 3.26. The minimum Gasteiger partial charge on any atom is -0.326 e. The summed E-state index contributed by atoms with van der Waals surface area (Å²) in [6.45, 7) is 0.599. The summed E-state index contributed by atoms with van der Waals surface area (Å²) in [5.74, 6) is 0.890. The fourth-order valence-electron chi connectivity index (χ4n) is 1.17. The monoisotopic (exact) mass is 193 g/mol. The van der Waals surface area contributed by atoms with Crippen molar-refractivity contribution in [1.82, 2.24) is 0 Å². The number of benzene rings is 1. The van der Waals surface area contributed by atoms with Crippen LogP contribution in [0.25, 0.3) is 6.08 Å². The molecule has 0 aromatic heterocycles. The third-order valence-corrected chi connectivity index (χ3v) is 2.13. The van der Waals surface area contributed by atoms with Crippen LogP contribution >= 0.6 is 12.6 Å². The third kappa shape index (κ3) is 3.25. The highest BCUT2D eigenvalue weighted by atomic mass is 32.1. The summed E-state index contributed by atoms with van der Waals surface area (Å²) in [5.41, 5.74) is 8.01. The van der Waals surface area contributed by atoms with Crippen LogP contribution in [0.4, 0.5) is 0 Å². The molecular weight excluding hydrogens is 178 g/mol. The van der Waals surface area contributed by atoms with Gasteiger partial charge in [-0.15, -0.1) is 0 Å². The summed E-state index contributed by atoms with van der Waals surface area (Å²) < 4.78 is 0. The van der Waals surface area contributed by atoms with Crippen molar-refractivity contribution in [2.24, 2.45) is 5.73 Å². The quantitative estimate of drug-likeness (QED) is 0.706. The van der Waals surface area contributed by atoms with Crippen molar-refractivity contribution in [1.29, 1.82) is 0 Å². The van der Waals surface area contributed by atoms with E-state index in [0.717, 1.165) is 12.2 Å². The van der Waals surface area contributed by atoms with E-state index in [2.05, 4.69) is 36.9 Å². The Labute approximate surface area is 85.1 Å². The summed E-state index contributed by atoms with van der Waals surface area (Å²) in [7, 11) is 0. The number of hydrogen-bond donors (Lipinski definition) is 2. The SMILES string of the molecule is NCc1ccccc1C=CCCS. The fraction of sp³-hybridized carbons (Fsp3) is 0.273. The molecule has 0 heterocycles. The molecule has 2 heteroatoms. The third-order valence-electron chi connectivity index (χ3n) is 1.87. The predicted molar refractivity (Wildman–Crippen MR) is 61.8 cm³/mol. The summed E-state index contributed by atoms with van der Waals surface area (Å²) in [4.78, 5) is 0. The molecule has 0 bridgehead atoms. The molecule has 1 rings (SSSR count). The van der Waals surface area contributed by atoms with E-state index < -0.39 is 0 Å². The molecule has 0 amide bonds. The molecule has 70 valence electrons. The van der Waals surface area contributed by atoms with Gasteiger partial charge in [-0.2, -0.15) is 12.6 Å². The molecule has 0 aliphatic carbocycles. The highest BCUT2D eigenvalue weighted by Crippen LogP contribution is 2.10. The van der Waals surface area contributed by atoms with E-state index in [1.54, 1.807) is 0 Å². The lowest BCUT2D eigenvalue weighted by Crippen LogP contribution is -1.98. The van der Waals surface area contributed by atoms with Gasteiger partial charge in [0.05, 0.1) is 0 Å². The first-order chi connectivity index (χ1) is 6.38. The van der Waals surface area contributed by atoms with Crippen LogP contribution in [0.3, 0.4) is 0 Å². The minimum atomic E-state index is 0.599. The standard InChI is InChI=1S/C11H15NS/c12-9-11-7-2-1-5-10(11)6-3-4-8-13/h1-3,5-7,13H,4,8-9,12H2. The van der Waals surface area contributed by atoms with Crippen molar-refractivity contribution in [3.8, 4) is 0 Å². The molecule has 0 saturated carbocycles. The minimum absolute atomic E-state index is 0.599. The number of rotatable bonds is 4. The second-order valence-electron chi connectivity index (χ2n) is 2.82. The molecule has 0 atom stereocenters. The molecule has 1 aromatic carbocycles. The maximum absolute atomic E-state index is 5.61. The Kier molecular flexibility index (Phi) is 4.65. The van der Waals surface area contributed by atoms with Crippen LogP contribution in [-0.2, 0) is 6.54 Å². The van der Waals surface area contributed by atoms with E-state index in [4.69, 9.17) is 5.73 Å². The van der Waals surface area contributed by atoms with Gasteiger partial charge in [-0.1, -0.05) is 36.4 Å². The Morgan fingerprint density at radius 3 is 2.77 bits per heavy atom. The summed E-state index contributed by atoms with van der Waals surface area (Å²) in [6, 6.07) is 8.18. The van der Waals surface area contributed by atoms with Gasteiger partial charge >= 0.3 is 0 Å². The zero-order valence-electron chi connectivity index (χ0n) is 7.61. The lowest BCUT2D eigenvalue weighted by atomic mass is 10.1. The average molecular weight is 193 g/mol. The molecular formula is C11H15NS. The summed E-state index contributed by atoms with van der Waals surface area (Å²) in [5, 5.41) is 0. The van der Waals surface area contributed by atoms with Gasteiger partial charge in [-0.05, 0) is 23.3 Å². The van der Waals surface area contributed by atoms with Gasteiger partial charge in [0, 0.05) is 6.54 Å². The first kappa shape index (κ1) is 10.4. The van der Waals surface area contributed by atoms with Crippen LogP contribution < -0.4 is 5.73 Å². The molecule has 13 heavy (non-hydrogen) atoms. The van der Waals surface area contributed by atoms with E-state index in [0.29, 0.717) is 6.54 Å². The lowest BCUT2D eigenvalue weighted by Gasteiger charge is -2.01.